The maximum atomic E-state index is 5.45. The molecule has 0 aliphatic carbocycles. The zero-order valence-corrected chi connectivity index (χ0v) is 18.9. The molecule has 3 aromatic rings. The van der Waals surface area contributed by atoms with Crippen LogP contribution in [-0.4, -0.2) is 61.7 Å². The van der Waals surface area contributed by atoms with E-state index in [1.54, 1.807) is 26.5 Å². The van der Waals surface area contributed by atoms with Crippen LogP contribution in [0.2, 0.25) is 0 Å². The molecule has 0 unspecified atom stereocenters. The van der Waals surface area contributed by atoms with E-state index in [9.17, 15) is 0 Å². The van der Waals surface area contributed by atoms with E-state index in [2.05, 4.69) is 35.7 Å². The van der Waals surface area contributed by atoms with Crippen LogP contribution >= 0.6 is 0 Å². The highest BCUT2D eigenvalue weighted by atomic mass is 16.5. The van der Waals surface area contributed by atoms with Gasteiger partial charge in [0.05, 0.1) is 33.6 Å². The quantitative estimate of drug-likeness (QED) is 0.396. The topological polar surface area (TPSA) is 106 Å². The highest BCUT2D eigenvalue weighted by Gasteiger charge is 2.17. The fourth-order valence-electron chi connectivity index (χ4n) is 3.23. The predicted molar refractivity (Wildman–Crippen MR) is 128 cm³/mol. The first kappa shape index (κ1) is 22.3. The highest BCUT2D eigenvalue weighted by molar-refractivity contribution is 5.84. The number of methoxy groups -OCH3 is 2. The maximum absolute atomic E-state index is 5.45. The van der Waals surface area contributed by atoms with Gasteiger partial charge in [-0.1, -0.05) is 17.7 Å². The summed E-state index contributed by atoms with van der Waals surface area (Å²) >= 11 is 0. The third-order valence-corrected chi connectivity index (χ3v) is 5.03. The second-order valence-electron chi connectivity index (χ2n) is 7.35. The zero-order valence-electron chi connectivity index (χ0n) is 18.9. The minimum atomic E-state index is 0.324. The number of rotatable bonds is 8. The van der Waals surface area contributed by atoms with Gasteiger partial charge in [-0.3, -0.25) is 0 Å². The van der Waals surface area contributed by atoms with Crippen molar-refractivity contribution >= 4 is 29.7 Å². The van der Waals surface area contributed by atoms with Crippen molar-refractivity contribution in [2.45, 2.75) is 6.92 Å². The summed E-state index contributed by atoms with van der Waals surface area (Å²) in [4.78, 5) is 15.7. The van der Waals surface area contributed by atoms with Crippen LogP contribution in [-0.2, 0) is 4.74 Å². The number of morpholine rings is 1. The Morgan fingerprint density at radius 1 is 0.970 bits per heavy atom. The monoisotopic (exact) mass is 449 g/mol. The summed E-state index contributed by atoms with van der Waals surface area (Å²) in [6.45, 7) is 4.72. The second kappa shape index (κ2) is 10.6. The molecule has 1 aromatic heterocycles. The average molecular weight is 450 g/mol. The van der Waals surface area contributed by atoms with Crippen LogP contribution in [0.15, 0.2) is 47.6 Å². The van der Waals surface area contributed by atoms with Crippen LogP contribution in [0.3, 0.4) is 0 Å². The van der Waals surface area contributed by atoms with Gasteiger partial charge in [0.1, 0.15) is 11.5 Å². The largest absolute Gasteiger partial charge is 0.497 e. The summed E-state index contributed by atoms with van der Waals surface area (Å²) in [6.07, 6.45) is 1.64. The lowest BCUT2D eigenvalue weighted by atomic mass is 10.2. The molecule has 2 N–H and O–H groups in total. The van der Waals surface area contributed by atoms with Gasteiger partial charge in [-0.25, -0.2) is 5.43 Å². The van der Waals surface area contributed by atoms with Gasteiger partial charge < -0.3 is 24.4 Å². The molecule has 0 radical (unpaired) electrons. The van der Waals surface area contributed by atoms with Gasteiger partial charge in [0.25, 0.3) is 0 Å². The summed E-state index contributed by atoms with van der Waals surface area (Å²) in [5.74, 6) is 2.66. The smallest absolute Gasteiger partial charge is 0.250 e. The molecule has 1 saturated heterocycles. The molecule has 1 aliphatic rings. The summed E-state index contributed by atoms with van der Waals surface area (Å²) in [5, 5.41) is 7.55. The van der Waals surface area contributed by atoms with Gasteiger partial charge in [-0.05, 0) is 31.2 Å². The Labute approximate surface area is 192 Å². The number of aromatic nitrogens is 3. The van der Waals surface area contributed by atoms with E-state index in [1.165, 1.54) is 5.56 Å². The van der Waals surface area contributed by atoms with Crippen LogP contribution in [0.25, 0.3) is 0 Å². The number of nitrogens with one attached hydrogen (secondary N) is 2. The molecule has 0 spiro atoms. The van der Waals surface area contributed by atoms with Crippen molar-refractivity contribution in [2.24, 2.45) is 5.10 Å². The molecule has 2 aromatic carbocycles. The molecule has 2 heterocycles. The molecule has 10 nitrogen and oxygen atoms in total. The fraction of sp³-hybridized carbons (Fsp3) is 0.304. The van der Waals surface area contributed by atoms with Crippen LogP contribution in [0.4, 0.5) is 23.5 Å². The summed E-state index contributed by atoms with van der Waals surface area (Å²) in [7, 11) is 3.21. The van der Waals surface area contributed by atoms with E-state index >= 15 is 0 Å². The maximum Gasteiger partial charge on any atom is 0.250 e. The van der Waals surface area contributed by atoms with Crippen molar-refractivity contribution in [3.05, 3.63) is 53.6 Å². The number of aryl methyl sites for hydroxylation is 1. The van der Waals surface area contributed by atoms with E-state index in [1.807, 2.05) is 43.3 Å². The van der Waals surface area contributed by atoms with Gasteiger partial charge in [0.2, 0.25) is 17.8 Å². The van der Waals surface area contributed by atoms with Gasteiger partial charge in [-0.15, -0.1) is 0 Å². The van der Waals surface area contributed by atoms with Gasteiger partial charge in [0, 0.05) is 30.4 Å². The minimum Gasteiger partial charge on any atom is -0.497 e. The van der Waals surface area contributed by atoms with E-state index in [0.29, 0.717) is 55.6 Å². The Morgan fingerprint density at radius 2 is 1.73 bits per heavy atom. The second-order valence-corrected chi connectivity index (χ2v) is 7.35. The van der Waals surface area contributed by atoms with Crippen molar-refractivity contribution in [3.63, 3.8) is 0 Å². The SMILES string of the molecule is COc1ccc(C=NNc2nc(Nc3ccc(C)cc3)nc(N3CCOCC3)n2)c(OC)c1. The molecule has 1 aliphatic heterocycles. The Bertz CT molecular complexity index is 1100. The first-order chi connectivity index (χ1) is 16.1. The molecule has 0 atom stereocenters. The molecule has 4 rings (SSSR count). The molecule has 172 valence electrons. The lowest BCUT2D eigenvalue weighted by Gasteiger charge is -2.27. The van der Waals surface area contributed by atoms with E-state index in [4.69, 9.17) is 14.2 Å². The summed E-state index contributed by atoms with van der Waals surface area (Å²) < 4.78 is 16.1. The van der Waals surface area contributed by atoms with Crippen molar-refractivity contribution in [3.8, 4) is 11.5 Å². The zero-order chi connectivity index (χ0) is 23.0. The van der Waals surface area contributed by atoms with Crippen LogP contribution in [0.5, 0.6) is 11.5 Å². The van der Waals surface area contributed by atoms with Gasteiger partial charge in [0.15, 0.2) is 0 Å². The van der Waals surface area contributed by atoms with Crippen molar-refractivity contribution in [1.82, 2.24) is 15.0 Å². The van der Waals surface area contributed by atoms with Crippen LogP contribution in [0.1, 0.15) is 11.1 Å². The number of anilines is 4. The van der Waals surface area contributed by atoms with Gasteiger partial charge >= 0.3 is 0 Å². The molecule has 0 amide bonds. The Kier molecular flexibility index (Phi) is 7.16. The van der Waals surface area contributed by atoms with Crippen molar-refractivity contribution in [2.75, 3.05) is 56.2 Å². The molecular weight excluding hydrogens is 422 g/mol. The molecule has 0 saturated carbocycles. The lowest BCUT2D eigenvalue weighted by molar-refractivity contribution is 0.122. The number of hydrogen-bond donors (Lipinski definition) is 2. The van der Waals surface area contributed by atoms with Gasteiger partial charge in [-0.2, -0.15) is 20.1 Å². The van der Waals surface area contributed by atoms with E-state index in [-0.39, 0.29) is 0 Å². The number of hydrogen-bond acceptors (Lipinski definition) is 10. The predicted octanol–water partition coefficient (Wildman–Crippen LogP) is 3.22. The molecule has 1 fully saturated rings. The normalized spacial score (nSPS) is 13.7. The number of ether oxygens (including phenoxy) is 3. The summed E-state index contributed by atoms with van der Waals surface area (Å²) in [6, 6.07) is 13.5. The first-order valence-corrected chi connectivity index (χ1v) is 10.6. The number of nitrogens with zero attached hydrogens (tertiary/aromatic N) is 5. The fourth-order valence-corrected chi connectivity index (χ4v) is 3.23. The Hall–Kier alpha value is -3.92. The molecule has 0 bridgehead atoms. The van der Waals surface area contributed by atoms with Crippen molar-refractivity contribution in [1.29, 1.82) is 0 Å². The number of benzene rings is 2. The summed E-state index contributed by atoms with van der Waals surface area (Å²) in [5.41, 5.74) is 5.76. The van der Waals surface area contributed by atoms with Crippen molar-refractivity contribution < 1.29 is 14.2 Å². The molecular formula is C23H27N7O3. The third kappa shape index (κ3) is 5.86. The van der Waals surface area contributed by atoms with Crippen LogP contribution < -0.4 is 25.1 Å². The first-order valence-electron chi connectivity index (χ1n) is 10.6. The number of hydrazone groups is 1. The third-order valence-electron chi connectivity index (χ3n) is 5.03. The van der Waals surface area contributed by atoms with E-state index in [0.717, 1.165) is 11.3 Å². The van der Waals surface area contributed by atoms with Crippen LogP contribution in [0, 0.1) is 6.92 Å². The van der Waals surface area contributed by atoms with E-state index < -0.39 is 0 Å². The minimum absolute atomic E-state index is 0.324. The highest BCUT2D eigenvalue weighted by Crippen LogP contribution is 2.23. The standard InChI is InChI=1S/C23H27N7O3/c1-16-4-7-18(8-5-16)25-21-26-22(28-23(27-21)30-10-12-33-13-11-30)29-24-15-17-6-9-19(31-2)14-20(17)32-3/h4-9,14-15H,10-13H2,1-3H3,(H2,25,26,27,28,29). The Morgan fingerprint density at radius 3 is 2.45 bits per heavy atom. The molecule has 10 heteroatoms. The Balaban J connectivity index is 1.57. The average Bonchev–Trinajstić information content (AvgIpc) is 2.86. The molecule has 33 heavy (non-hydrogen) atoms. The lowest BCUT2D eigenvalue weighted by Crippen LogP contribution is -2.37.